The van der Waals surface area contributed by atoms with E-state index in [4.69, 9.17) is 75.8 Å². The fraction of sp³-hybridized carbons (Fsp3) is 0.827. The zero-order valence-corrected chi connectivity index (χ0v) is 63.7. The molecule has 0 radical (unpaired) electrons. The molecule has 6 saturated heterocycles. The molecule has 0 spiro atoms. The Morgan fingerprint density at radius 3 is 1.78 bits per heavy atom. The highest BCUT2D eigenvalue weighted by Gasteiger charge is 2.74. The molecule has 1 aromatic carbocycles. The van der Waals surface area contributed by atoms with E-state index in [9.17, 15) is 96.4 Å². The van der Waals surface area contributed by atoms with Crippen LogP contribution in [-0.4, -0.2) is 337 Å². The fourth-order valence-electron chi connectivity index (χ4n) is 20.5. The minimum atomic E-state index is -2.31. The Bertz CT molecular complexity index is 3480. The van der Waals surface area contributed by atoms with Gasteiger partial charge < -0.3 is 163 Å². The van der Waals surface area contributed by atoms with Crippen LogP contribution in [0.1, 0.15) is 112 Å². The lowest BCUT2D eigenvalue weighted by atomic mass is 9.33. The molecule has 111 heavy (non-hydrogen) atoms. The monoisotopic (exact) mass is 1590 g/mol. The standard InChI is InChI=1S/C75H112O36/c1-31-53(105-44(82)14-11-33-21-39(96-8)56(98-10)40(22-33)97-9)50(88)58(109-64-52(90)57(108-66-59(91)75(95,29-78)30-101-66)54(32(2)102-64)106-62-51(89)55(38(81)27-100-62)107-61-48(86)45(83)37(80)26-99-61)65(103-31)111-68(94)73-18-17-69(3,4)23-35(73)34-12-13-42-70(5)24-36(79)60(110-63-49(87)47(85)46(84)41(25-76)104-63)72(7,67(92)93)43(70)15-16-71(42,6)74(34,28-77)20-19-73/h11-12,14,21-22,31-32,35-38,41-43,45-55,57-66,76-81,83-91,95H,13,15-20,23-30H2,1-10H3,(H,92,93). The quantitative estimate of drug-likeness (QED) is 0.0236. The Morgan fingerprint density at radius 2 is 1.15 bits per heavy atom. The van der Waals surface area contributed by atoms with Gasteiger partial charge in [-0.3, -0.25) is 9.59 Å². The number of esters is 2. The topological polar surface area (TPSA) is 543 Å². The summed E-state index contributed by atoms with van der Waals surface area (Å²) in [7, 11) is 4.22. The number of hydrogen-bond acceptors (Lipinski definition) is 35. The smallest absolute Gasteiger partial charge is 0.331 e. The van der Waals surface area contributed by atoms with Crippen molar-refractivity contribution >= 4 is 24.0 Å². The van der Waals surface area contributed by atoms with Gasteiger partial charge >= 0.3 is 17.9 Å². The summed E-state index contributed by atoms with van der Waals surface area (Å²) in [5.41, 5.74) is -7.77. The molecule has 1 aromatic rings. The third-order valence-corrected chi connectivity index (χ3v) is 26.9. The number of aliphatic hydroxyl groups excluding tert-OH is 15. The molecule has 628 valence electrons. The molecule has 36 unspecified atom stereocenters. The molecular weight excluding hydrogens is 1480 g/mol. The van der Waals surface area contributed by atoms with Gasteiger partial charge in [0.1, 0.15) is 103 Å². The van der Waals surface area contributed by atoms with Gasteiger partial charge in [0.15, 0.2) is 55.2 Å². The number of carboxylic acids is 1. The molecule has 36 heteroatoms. The molecular formula is C75H112O36. The van der Waals surface area contributed by atoms with E-state index in [0.717, 1.165) is 11.6 Å². The van der Waals surface area contributed by atoms with Gasteiger partial charge in [-0.05, 0) is 136 Å². The van der Waals surface area contributed by atoms with Crippen molar-refractivity contribution in [2.24, 2.45) is 50.2 Å². The average molecular weight is 1590 g/mol. The van der Waals surface area contributed by atoms with Crippen LogP contribution in [0.5, 0.6) is 17.2 Å². The molecule has 6 heterocycles. The number of allylic oxidation sites excluding steroid dienone is 1. The first-order valence-electron chi connectivity index (χ1n) is 38.0. The summed E-state index contributed by atoms with van der Waals surface area (Å²) in [6, 6.07) is 3.11. The lowest BCUT2D eigenvalue weighted by Gasteiger charge is -2.71. The summed E-state index contributed by atoms with van der Waals surface area (Å²) in [5, 5.41) is 191. The van der Waals surface area contributed by atoms with Gasteiger partial charge in [-0.2, -0.15) is 0 Å². The zero-order valence-electron chi connectivity index (χ0n) is 63.7. The maximum absolute atomic E-state index is 16.2. The van der Waals surface area contributed by atoms with Crippen LogP contribution < -0.4 is 14.2 Å². The van der Waals surface area contributed by atoms with Crippen LogP contribution in [0.15, 0.2) is 29.9 Å². The van der Waals surface area contributed by atoms with Crippen LogP contribution in [0.2, 0.25) is 0 Å². The second-order valence-electron chi connectivity index (χ2n) is 33.7. The lowest BCUT2D eigenvalue weighted by molar-refractivity contribution is -0.388. The Labute approximate surface area is 640 Å². The third-order valence-electron chi connectivity index (χ3n) is 26.9. The predicted molar refractivity (Wildman–Crippen MR) is 371 cm³/mol. The van der Waals surface area contributed by atoms with Crippen LogP contribution in [0, 0.1) is 50.2 Å². The number of aliphatic hydroxyl groups is 16. The first-order valence-corrected chi connectivity index (χ1v) is 38.0. The first-order chi connectivity index (χ1) is 52.3. The summed E-state index contributed by atoms with van der Waals surface area (Å²) in [6.07, 6.45) is -41.1. The maximum Gasteiger partial charge on any atom is 0.331 e. The highest BCUT2D eigenvalue weighted by Crippen LogP contribution is 2.76. The number of fused-ring (bicyclic) bond motifs is 7. The van der Waals surface area contributed by atoms with E-state index in [1.807, 2.05) is 13.0 Å². The Kier molecular flexibility index (Phi) is 25.3. The summed E-state index contributed by atoms with van der Waals surface area (Å²) >= 11 is 0. The number of methoxy groups -OCH3 is 3. The van der Waals surface area contributed by atoms with E-state index in [-0.39, 0.29) is 49.4 Å². The van der Waals surface area contributed by atoms with E-state index >= 15 is 4.79 Å². The van der Waals surface area contributed by atoms with E-state index in [2.05, 4.69) is 20.8 Å². The molecule has 11 aliphatic rings. The van der Waals surface area contributed by atoms with Crippen molar-refractivity contribution in [3.8, 4) is 17.2 Å². The number of benzene rings is 1. The molecule has 36 atom stereocenters. The number of rotatable bonds is 22. The summed E-state index contributed by atoms with van der Waals surface area (Å²) < 4.78 is 95.6. The maximum atomic E-state index is 16.2. The van der Waals surface area contributed by atoms with Gasteiger partial charge in [0.25, 0.3) is 0 Å². The lowest BCUT2D eigenvalue weighted by Crippen LogP contribution is -2.71. The van der Waals surface area contributed by atoms with E-state index in [1.54, 1.807) is 12.1 Å². The van der Waals surface area contributed by atoms with Crippen molar-refractivity contribution in [2.75, 3.05) is 61.0 Å². The Morgan fingerprint density at radius 1 is 0.559 bits per heavy atom. The second kappa shape index (κ2) is 32.7. The molecule has 5 aliphatic carbocycles. The van der Waals surface area contributed by atoms with Crippen LogP contribution in [-0.2, 0) is 76.0 Å². The number of aliphatic carboxylic acids is 1. The van der Waals surface area contributed by atoms with E-state index < -0.39 is 279 Å². The number of ether oxygens (including phenoxy) is 16. The summed E-state index contributed by atoms with van der Waals surface area (Å²) in [5.74, 6) is -4.19. The third kappa shape index (κ3) is 15.0. The summed E-state index contributed by atoms with van der Waals surface area (Å²) in [4.78, 5) is 44.3. The molecule has 0 aromatic heterocycles. The molecule has 0 amide bonds. The average Bonchev–Trinajstić information content (AvgIpc) is 1.37. The molecule has 36 nitrogen and oxygen atoms in total. The largest absolute Gasteiger partial charge is 0.493 e. The molecule has 17 N–H and O–H groups in total. The van der Waals surface area contributed by atoms with Crippen LogP contribution in [0.25, 0.3) is 6.08 Å². The van der Waals surface area contributed by atoms with E-state index in [0.29, 0.717) is 31.2 Å². The van der Waals surface area contributed by atoms with Crippen molar-refractivity contribution in [1.29, 1.82) is 0 Å². The van der Waals surface area contributed by atoms with Crippen molar-refractivity contribution in [3.05, 3.63) is 35.4 Å². The number of carboxylic acid groups (broad SMARTS) is 1. The summed E-state index contributed by atoms with van der Waals surface area (Å²) in [6.45, 7) is 8.42. The van der Waals surface area contributed by atoms with Gasteiger partial charge in [-0.15, -0.1) is 0 Å². The van der Waals surface area contributed by atoms with Crippen molar-refractivity contribution in [2.45, 2.75) is 278 Å². The van der Waals surface area contributed by atoms with Gasteiger partial charge in [-0.25, -0.2) is 4.79 Å². The molecule has 4 saturated carbocycles. The van der Waals surface area contributed by atoms with Gasteiger partial charge in [0, 0.05) is 11.5 Å². The van der Waals surface area contributed by atoms with Crippen molar-refractivity contribution in [3.63, 3.8) is 0 Å². The predicted octanol–water partition coefficient (Wildman–Crippen LogP) is -3.11. The van der Waals surface area contributed by atoms with Gasteiger partial charge in [-0.1, -0.05) is 39.3 Å². The molecule has 6 aliphatic heterocycles. The Hall–Kier alpha value is -4.57. The van der Waals surface area contributed by atoms with Crippen molar-refractivity contribution in [1.82, 2.24) is 0 Å². The second-order valence-corrected chi connectivity index (χ2v) is 33.7. The SMILES string of the molecule is COc1cc(C=CC(=O)OC2C(C)OC(OC(=O)C34CCC(C)(C)CC3C3=CCC5C6(C)CC(O)C(OC7OC(CO)C(O)C(O)C7O)C(C)(C(=O)O)C6CCC5(C)C3(CO)CC4)C(OC3OC(C)C(OC4OCC(O)C(OC5OCC(O)C(O)C5O)C4O)C(OC4OCC(O)(CO)C4O)C3O)C2O)cc(OC)c1OC. The van der Waals surface area contributed by atoms with Crippen LogP contribution in [0.3, 0.4) is 0 Å². The highest BCUT2D eigenvalue weighted by molar-refractivity contribution is 5.87. The molecule has 12 rings (SSSR count). The van der Waals surface area contributed by atoms with Gasteiger partial charge in [0.05, 0.1) is 90.1 Å². The van der Waals surface area contributed by atoms with Crippen LogP contribution >= 0.6 is 0 Å². The first kappa shape index (κ1) is 85.8. The number of carbonyl (C=O) groups excluding carboxylic acids is 2. The van der Waals surface area contributed by atoms with Crippen molar-refractivity contribution < 1.29 is 177 Å². The van der Waals surface area contributed by atoms with E-state index in [1.165, 1.54) is 48.2 Å². The molecule has 0 bridgehead atoms. The van der Waals surface area contributed by atoms with Crippen LogP contribution in [0.4, 0.5) is 0 Å². The Balaban J connectivity index is 0.857. The van der Waals surface area contributed by atoms with Gasteiger partial charge in [0.2, 0.25) is 12.0 Å². The number of hydrogen-bond donors (Lipinski definition) is 17. The zero-order chi connectivity index (χ0) is 80.9. The minimum absolute atomic E-state index is 0.0230. The molecule has 10 fully saturated rings. The fourth-order valence-corrected chi connectivity index (χ4v) is 20.5. The minimum Gasteiger partial charge on any atom is -0.493 e. The normalized spacial score (nSPS) is 48.4. The number of carbonyl (C=O) groups is 3. The highest BCUT2D eigenvalue weighted by atomic mass is 16.8.